The SMILES string of the molecule is CC(C)CCC[C@@H](C)[C@@H]1CC[C@@H]2[C@@H]3CC[C@H]4C[C@H](Cl)CC[C@]4(C)[C@@H]3CC[C@@]21C. The molecule has 0 aliphatic heterocycles. The Hall–Kier alpha value is 0.290. The second-order valence-electron chi connectivity index (χ2n) is 12.6. The highest BCUT2D eigenvalue weighted by Crippen LogP contribution is 2.68. The van der Waals surface area contributed by atoms with Crippen LogP contribution in [0, 0.1) is 52.3 Å². The summed E-state index contributed by atoms with van der Waals surface area (Å²) in [5.41, 5.74) is 1.25. The molecule has 0 N–H and O–H groups in total. The van der Waals surface area contributed by atoms with Crippen LogP contribution in [0.3, 0.4) is 0 Å². The van der Waals surface area contributed by atoms with E-state index >= 15 is 0 Å². The van der Waals surface area contributed by atoms with Crippen molar-refractivity contribution in [1.82, 2.24) is 0 Å². The first kappa shape index (κ1) is 21.5. The van der Waals surface area contributed by atoms with E-state index in [-0.39, 0.29) is 0 Å². The lowest BCUT2D eigenvalue weighted by atomic mass is 9.44. The summed E-state index contributed by atoms with van der Waals surface area (Å²) in [6.07, 6.45) is 17.4. The molecule has 1 heteroatoms. The minimum absolute atomic E-state index is 0.464. The van der Waals surface area contributed by atoms with Gasteiger partial charge in [0.1, 0.15) is 0 Å². The van der Waals surface area contributed by atoms with E-state index < -0.39 is 0 Å². The Bertz CT molecular complexity index is 540. The summed E-state index contributed by atoms with van der Waals surface area (Å²) in [5.74, 6) is 6.77. The maximum Gasteiger partial charge on any atom is 0.0339 e. The van der Waals surface area contributed by atoms with Gasteiger partial charge in [0.15, 0.2) is 0 Å². The van der Waals surface area contributed by atoms with Crippen LogP contribution in [0.2, 0.25) is 0 Å². The fraction of sp³-hybridized carbons (Fsp3) is 1.00. The third-order valence-electron chi connectivity index (χ3n) is 10.8. The maximum absolute atomic E-state index is 6.60. The number of halogens is 1. The average molecular weight is 407 g/mol. The summed E-state index contributed by atoms with van der Waals surface area (Å²) < 4.78 is 0. The standard InChI is InChI=1S/C27H47Cl/c1-18(2)7-6-8-19(3)23-11-12-24-22-10-9-20-17-21(28)13-15-26(20,4)25(22)14-16-27(23,24)5/h18-25H,6-17H2,1-5H3/t19-,20+,21-,22+,23+,24-,25-,26+,27-/m1/s1. The summed E-state index contributed by atoms with van der Waals surface area (Å²) in [6.45, 7) is 12.8. The van der Waals surface area contributed by atoms with Crippen molar-refractivity contribution in [1.29, 1.82) is 0 Å². The molecule has 4 rings (SSSR count). The van der Waals surface area contributed by atoms with Crippen LogP contribution in [-0.2, 0) is 0 Å². The van der Waals surface area contributed by atoms with Crippen LogP contribution in [0.5, 0.6) is 0 Å². The molecule has 0 spiro atoms. The molecular formula is C27H47Cl. The average Bonchev–Trinajstić information content (AvgIpc) is 2.99. The van der Waals surface area contributed by atoms with Crippen LogP contribution in [0.4, 0.5) is 0 Å². The lowest BCUT2D eigenvalue weighted by Gasteiger charge is -2.61. The predicted octanol–water partition coefficient (Wildman–Crippen LogP) is 8.72. The maximum atomic E-state index is 6.60. The number of alkyl halides is 1. The quantitative estimate of drug-likeness (QED) is 0.400. The van der Waals surface area contributed by atoms with Crippen molar-refractivity contribution in [2.24, 2.45) is 52.3 Å². The van der Waals surface area contributed by atoms with E-state index in [1.807, 2.05) is 0 Å². The van der Waals surface area contributed by atoms with Gasteiger partial charge in [-0.15, -0.1) is 11.6 Å². The molecule has 4 fully saturated rings. The fourth-order valence-corrected chi connectivity index (χ4v) is 9.55. The van der Waals surface area contributed by atoms with Crippen LogP contribution in [0.25, 0.3) is 0 Å². The third-order valence-corrected chi connectivity index (χ3v) is 11.2. The van der Waals surface area contributed by atoms with Gasteiger partial charge < -0.3 is 0 Å². The first-order valence-electron chi connectivity index (χ1n) is 12.9. The molecule has 0 nitrogen and oxygen atoms in total. The molecular weight excluding hydrogens is 360 g/mol. The van der Waals surface area contributed by atoms with E-state index in [4.69, 9.17) is 11.6 Å². The largest absolute Gasteiger partial charge is 0.123 e. The molecule has 0 heterocycles. The van der Waals surface area contributed by atoms with Gasteiger partial charge >= 0.3 is 0 Å². The Morgan fingerprint density at radius 2 is 1.54 bits per heavy atom. The molecule has 28 heavy (non-hydrogen) atoms. The topological polar surface area (TPSA) is 0 Å². The highest BCUT2D eigenvalue weighted by Gasteiger charge is 2.60. The lowest BCUT2D eigenvalue weighted by molar-refractivity contribution is -0.113. The van der Waals surface area contributed by atoms with Gasteiger partial charge in [-0.05, 0) is 110 Å². The highest BCUT2D eigenvalue weighted by molar-refractivity contribution is 6.20. The van der Waals surface area contributed by atoms with Crippen molar-refractivity contribution in [2.45, 2.75) is 117 Å². The zero-order valence-corrected chi connectivity index (χ0v) is 20.2. The Labute approximate surface area is 181 Å². The number of hydrogen-bond acceptors (Lipinski definition) is 0. The Kier molecular flexibility index (Phi) is 6.22. The van der Waals surface area contributed by atoms with Crippen molar-refractivity contribution >= 4 is 11.6 Å². The van der Waals surface area contributed by atoms with Gasteiger partial charge in [-0.2, -0.15) is 0 Å². The first-order chi connectivity index (χ1) is 13.3. The number of hydrogen-bond donors (Lipinski definition) is 0. The van der Waals surface area contributed by atoms with Crippen LogP contribution in [0.1, 0.15) is 112 Å². The van der Waals surface area contributed by atoms with Crippen LogP contribution in [-0.4, -0.2) is 5.38 Å². The second kappa shape index (κ2) is 8.09. The molecule has 4 aliphatic rings. The summed E-state index contributed by atoms with van der Waals surface area (Å²) in [4.78, 5) is 0. The fourth-order valence-electron chi connectivity index (χ4n) is 9.23. The van der Waals surface area contributed by atoms with Crippen LogP contribution < -0.4 is 0 Å². The van der Waals surface area contributed by atoms with Gasteiger partial charge in [0, 0.05) is 5.38 Å². The van der Waals surface area contributed by atoms with Gasteiger partial charge in [-0.1, -0.05) is 53.9 Å². The summed E-state index contributed by atoms with van der Waals surface area (Å²) in [7, 11) is 0. The molecule has 0 bridgehead atoms. The number of rotatable bonds is 5. The number of fused-ring (bicyclic) bond motifs is 5. The van der Waals surface area contributed by atoms with Gasteiger partial charge in [-0.25, -0.2) is 0 Å². The van der Waals surface area contributed by atoms with Crippen LogP contribution >= 0.6 is 11.6 Å². The molecule has 0 amide bonds. The van der Waals surface area contributed by atoms with Crippen molar-refractivity contribution in [3.63, 3.8) is 0 Å². The molecule has 0 radical (unpaired) electrons. The Morgan fingerprint density at radius 3 is 2.29 bits per heavy atom. The zero-order valence-electron chi connectivity index (χ0n) is 19.5. The summed E-state index contributed by atoms with van der Waals surface area (Å²) in [6, 6.07) is 0. The van der Waals surface area contributed by atoms with Crippen molar-refractivity contribution < 1.29 is 0 Å². The minimum Gasteiger partial charge on any atom is -0.123 e. The van der Waals surface area contributed by atoms with E-state index in [2.05, 4.69) is 34.6 Å². The van der Waals surface area contributed by atoms with Gasteiger partial charge in [0.2, 0.25) is 0 Å². The lowest BCUT2D eigenvalue weighted by Crippen LogP contribution is -2.53. The normalized spacial score (nSPS) is 49.4. The van der Waals surface area contributed by atoms with E-state index in [1.165, 1.54) is 77.0 Å². The Balaban J connectivity index is 1.46. The summed E-state index contributed by atoms with van der Waals surface area (Å²) in [5, 5.41) is 0.464. The van der Waals surface area contributed by atoms with Crippen molar-refractivity contribution in [3.8, 4) is 0 Å². The first-order valence-corrected chi connectivity index (χ1v) is 13.3. The molecule has 0 unspecified atom stereocenters. The smallest absolute Gasteiger partial charge is 0.0339 e. The molecule has 0 aromatic rings. The predicted molar refractivity (Wildman–Crippen MR) is 123 cm³/mol. The molecule has 0 saturated heterocycles. The monoisotopic (exact) mass is 406 g/mol. The van der Waals surface area contributed by atoms with Gasteiger partial charge in [0.25, 0.3) is 0 Å². The molecule has 0 aromatic heterocycles. The summed E-state index contributed by atoms with van der Waals surface area (Å²) >= 11 is 6.60. The van der Waals surface area contributed by atoms with Crippen LogP contribution in [0.15, 0.2) is 0 Å². The second-order valence-corrected chi connectivity index (χ2v) is 13.2. The van der Waals surface area contributed by atoms with Crippen molar-refractivity contribution in [2.75, 3.05) is 0 Å². The van der Waals surface area contributed by atoms with Gasteiger partial charge in [0.05, 0.1) is 0 Å². The van der Waals surface area contributed by atoms with E-state index in [0.29, 0.717) is 16.2 Å². The Morgan fingerprint density at radius 1 is 0.821 bits per heavy atom. The molecule has 0 aromatic carbocycles. The van der Waals surface area contributed by atoms with E-state index in [1.54, 1.807) is 0 Å². The third kappa shape index (κ3) is 3.61. The van der Waals surface area contributed by atoms with Crippen molar-refractivity contribution in [3.05, 3.63) is 0 Å². The zero-order chi connectivity index (χ0) is 20.1. The highest BCUT2D eigenvalue weighted by atomic mass is 35.5. The van der Waals surface area contributed by atoms with E-state index in [9.17, 15) is 0 Å². The van der Waals surface area contributed by atoms with Gasteiger partial charge in [-0.3, -0.25) is 0 Å². The molecule has 162 valence electrons. The molecule has 4 aliphatic carbocycles. The molecule has 4 saturated carbocycles. The van der Waals surface area contributed by atoms with E-state index in [0.717, 1.165) is 41.4 Å². The molecule has 9 atom stereocenters. The minimum atomic E-state index is 0.464.